The molecule has 0 saturated carbocycles. The van der Waals surface area contributed by atoms with Crippen LogP contribution >= 0.6 is 28.1 Å². The topological polar surface area (TPSA) is 52.7 Å². The van der Waals surface area contributed by atoms with Crippen molar-refractivity contribution in [2.45, 2.75) is 19.0 Å². The molecule has 1 aliphatic rings. The molecular formula is C24H19BrFN3O2S. The van der Waals surface area contributed by atoms with Gasteiger partial charge in [-0.15, -0.1) is 0 Å². The maximum absolute atomic E-state index is 13.4. The zero-order valence-electron chi connectivity index (χ0n) is 16.9. The van der Waals surface area contributed by atoms with Crippen molar-refractivity contribution < 1.29 is 14.0 Å². The third kappa shape index (κ3) is 4.87. The number of hydrogen-bond acceptors (Lipinski definition) is 3. The maximum atomic E-state index is 13.4. The standard InChI is InChI=1S/C24H19BrFN3O2S/c25-17-8-12-19(13-9-17)27-22(30)14-21-23(31)29(20-4-2-1-3-5-20)24(32)28(21)15-16-6-10-18(26)11-7-16/h1-13,21H,14-15H2,(H,27,30). The molecule has 0 aromatic heterocycles. The van der Waals surface area contributed by atoms with E-state index >= 15 is 0 Å². The Hall–Kier alpha value is -3.10. The van der Waals surface area contributed by atoms with Gasteiger partial charge < -0.3 is 10.2 Å². The van der Waals surface area contributed by atoms with Gasteiger partial charge >= 0.3 is 0 Å². The number of rotatable bonds is 6. The van der Waals surface area contributed by atoms with Gasteiger partial charge in [-0.3, -0.25) is 14.5 Å². The lowest BCUT2D eigenvalue weighted by molar-refractivity contribution is -0.124. The van der Waals surface area contributed by atoms with E-state index < -0.39 is 6.04 Å². The number of nitrogens with one attached hydrogen (secondary N) is 1. The second-order valence-corrected chi connectivity index (χ2v) is 8.60. The Bertz CT molecular complexity index is 1140. The van der Waals surface area contributed by atoms with E-state index in [0.717, 1.165) is 10.0 Å². The zero-order chi connectivity index (χ0) is 22.7. The molecule has 1 saturated heterocycles. The van der Waals surface area contributed by atoms with Crippen LogP contribution < -0.4 is 10.2 Å². The first-order valence-corrected chi connectivity index (χ1v) is 11.1. The van der Waals surface area contributed by atoms with Crippen LogP contribution in [-0.2, 0) is 16.1 Å². The number of carbonyl (C=O) groups excluding carboxylic acids is 2. The normalized spacial score (nSPS) is 15.9. The number of amides is 2. The predicted molar refractivity (Wildman–Crippen MR) is 130 cm³/mol. The number of thiocarbonyl (C=S) groups is 1. The van der Waals surface area contributed by atoms with E-state index in [1.807, 2.05) is 30.3 Å². The molecule has 32 heavy (non-hydrogen) atoms. The highest BCUT2D eigenvalue weighted by molar-refractivity contribution is 9.10. The van der Waals surface area contributed by atoms with Crippen LogP contribution in [0.25, 0.3) is 0 Å². The first-order valence-electron chi connectivity index (χ1n) is 9.92. The summed E-state index contributed by atoms with van der Waals surface area (Å²) in [7, 11) is 0. The van der Waals surface area contributed by atoms with Gasteiger partial charge in [-0.05, 0) is 66.3 Å². The molecule has 5 nitrogen and oxygen atoms in total. The van der Waals surface area contributed by atoms with E-state index in [4.69, 9.17) is 12.2 Å². The van der Waals surface area contributed by atoms with Crippen LogP contribution in [0.5, 0.6) is 0 Å². The van der Waals surface area contributed by atoms with Crippen molar-refractivity contribution in [2.24, 2.45) is 0 Å². The number of nitrogens with zero attached hydrogens (tertiary/aromatic N) is 2. The number of para-hydroxylation sites is 1. The largest absolute Gasteiger partial charge is 0.332 e. The van der Waals surface area contributed by atoms with Crippen molar-refractivity contribution in [1.29, 1.82) is 0 Å². The van der Waals surface area contributed by atoms with Gasteiger partial charge in [0.1, 0.15) is 11.9 Å². The van der Waals surface area contributed by atoms with Gasteiger partial charge in [0.2, 0.25) is 5.91 Å². The average Bonchev–Trinajstić information content (AvgIpc) is 3.01. The molecule has 1 atom stereocenters. The highest BCUT2D eigenvalue weighted by Gasteiger charge is 2.44. The molecule has 0 aliphatic carbocycles. The molecule has 1 aliphatic heterocycles. The number of carbonyl (C=O) groups is 2. The summed E-state index contributed by atoms with van der Waals surface area (Å²) in [6, 6.07) is 21.5. The summed E-state index contributed by atoms with van der Waals surface area (Å²) in [5.41, 5.74) is 2.06. The van der Waals surface area contributed by atoms with Crippen LogP contribution in [0.3, 0.4) is 0 Å². The van der Waals surface area contributed by atoms with E-state index in [9.17, 15) is 14.0 Å². The summed E-state index contributed by atoms with van der Waals surface area (Å²) >= 11 is 9.00. The summed E-state index contributed by atoms with van der Waals surface area (Å²) in [6.45, 7) is 0.282. The Kier molecular flexibility index (Phi) is 6.62. The van der Waals surface area contributed by atoms with E-state index in [-0.39, 0.29) is 30.6 Å². The van der Waals surface area contributed by atoms with Gasteiger partial charge in [0.25, 0.3) is 5.91 Å². The van der Waals surface area contributed by atoms with Crippen molar-refractivity contribution >= 4 is 56.4 Å². The number of hydrogen-bond donors (Lipinski definition) is 1. The minimum atomic E-state index is -0.775. The molecule has 0 spiro atoms. The summed E-state index contributed by atoms with van der Waals surface area (Å²) in [6.07, 6.45) is -0.0699. The lowest BCUT2D eigenvalue weighted by Gasteiger charge is -2.24. The quantitative estimate of drug-likeness (QED) is 0.466. The summed E-state index contributed by atoms with van der Waals surface area (Å²) in [4.78, 5) is 29.3. The average molecular weight is 512 g/mol. The Morgan fingerprint density at radius 3 is 2.31 bits per heavy atom. The molecule has 0 bridgehead atoms. The van der Waals surface area contributed by atoms with Crippen LogP contribution in [0, 0.1) is 5.82 Å². The minimum Gasteiger partial charge on any atom is -0.332 e. The predicted octanol–water partition coefficient (Wildman–Crippen LogP) is 5.12. The van der Waals surface area contributed by atoms with Crippen LogP contribution in [0.4, 0.5) is 15.8 Å². The van der Waals surface area contributed by atoms with Crippen LogP contribution in [0.1, 0.15) is 12.0 Å². The van der Waals surface area contributed by atoms with Crippen LogP contribution in [0.15, 0.2) is 83.3 Å². The minimum absolute atomic E-state index is 0.0699. The third-order valence-corrected chi connectivity index (χ3v) is 6.05. The summed E-state index contributed by atoms with van der Waals surface area (Å²) in [5.74, 6) is -0.910. The van der Waals surface area contributed by atoms with Gasteiger partial charge in [-0.2, -0.15) is 0 Å². The summed E-state index contributed by atoms with van der Waals surface area (Å²) < 4.78 is 14.2. The molecule has 2 amide bonds. The van der Waals surface area contributed by atoms with Crippen molar-refractivity contribution in [1.82, 2.24) is 4.90 Å². The van der Waals surface area contributed by atoms with E-state index in [1.165, 1.54) is 17.0 Å². The van der Waals surface area contributed by atoms with E-state index in [2.05, 4.69) is 21.2 Å². The molecule has 1 N–H and O–H groups in total. The molecule has 1 heterocycles. The number of halogens is 2. The molecule has 3 aromatic carbocycles. The molecule has 8 heteroatoms. The number of benzene rings is 3. The molecule has 3 aromatic rings. The van der Waals surface area contributed by atoms with E-state index in [0.29, 0.717) is 16.5 Å². The Morgan fingerprint density at radius 2 is 1.66 bits per heavy atom. The SMILES string of the molecule is O=C(CC1C(=O)N(c2ccccc2)C(=S)N1Cc1ccc(F)cc1)Nc1ccc(Br)cc1. The van der Waals surface area contributed by atoms with Crippen molar-refractivity contribution in [3.05, 3.63) is 94.7 Å². The fourth-order valence-corrected chi connectivity index (χ4v) is 4.19. The van der Waals surface area contributed by atoms with Gasteiger partial charge in [0.05, 0.1) is 12.1 Å². The van der Waals surface area contributed by atoms with Crippen molar-refractivity contribution in [2.75, 3.05) is 10.2 Å². The monoisotopic (exact) mass is 511 g/mol. The molecule has 162 valence electrons. The smallest absolute Gasteiger partial charge is 0.256 e. The molecule has 1 fully saturated rings. The highest BCUT2D eigenvalue weighted by Crippen LogP contribution is 2.29. The first kappa shape index (κ1) is 22.1. The lowest BCUT2D eigenvalue weighted by Crippen LogP contribution is -2.37. The zero-order valence-corrected chi connectivity index (χ0v) is 19.3. The van der Waals surface area contributed by atoms with Crippen molar-refractivity contribution in [3.8, 4) is 0 Å². The van der Waals surface area contributed by atoms with Crippen molar-refractivity contribution in [3.63, 3.8) is 0 Å². The van der Waals surface area contributed by atoms with Crippen LogP contribution in [0.2, 0.25) is 0 Å². The van der Waals surface area contributed by atoms with Gasteiger partial charge in [0.15, 0.2) is 5.11 Å². The third-order valence-electron chi connectivity index (χ3n) is 5.11. The second kappa shape index (κ2) is 9.58. The molecular weight excluding hydrogens is 493 g/mol. The van der Waals surface area contributed by atoms with E-state index in [1.54, 1.807) is 41.3 Å². The summed E-state index contributed by atoms with van der Waals surface area (Å²) in [5, 5.41) is 3.14. The Morgan fingerprint density at radius 1 is 1.00 bits per heavy atom. The second-order valence-electron chi connectivity index (χ2n) is 7.32. The number of anilines is 2. The fourth-order valence-electron chi connectivity index (χ4n) is 3.54. The van der Waals surface area contributed by atoms with Crippen LogP contribution in [-0.4, -0.2) is 27.9 Å². The fraction of sp³-hybridized carbons (Fsp3) is 0.125. The Balaban J connectivity index is 1.58. The maximum Gasteiger partial charge on any atom is 0.256 e. The molecule has 4 rings (SSSR count). The Labute approximate surface area is 199 Å². The molecule has 0 radical (unpaired) electrons. The van der Waals surface area contributed by atoms with Gasteiger partial charge in [0, 0.05) is 16.7 Å². The molecule has 1 unspecified atom stereocenters. The lowest BCUT2D eigenvalue weighted by atomic mass is 10.1. The van der Waals surface area contributed by atoms with Gasteiger partial charge in [-0.25, -0.2) is 4.39 Å². The first-order chi connectivity index (χ1) is 15.4. The van der Waals surface area contributed by atoms with Gasteiger partial charge in [-0.1, -0.05) is 46.3 Å². The highest BCUT2D eigenvalue weighted by atomic mass is 79.9.